The third-order valence-electron chi connectivity index (χ3n) is 12.3. The van der Waals surface area contributed by atoms with Crippen molar-refractivity contribution in [1.29, 1.82) is 0 Å². The molecule has 0 aromatic heterocycles. The lowest BCUT2D eigenvalue weighted by Crippen LogP contribution is -2.35. The zero-order valence-corrected chi connectivity index (χ0v) is 60.6. The van der Waals surface area contributed by atoms with Crippen molar-refractivity contribution >= 4 is 65.7 Å². The largest absolute Gasteiger partial charge is 0.462 e. The van der Waals surface area contributed by atoms with Crippen molar-refractivity contribution in [3.05, 3.63) is 177 Å². The Bertz CT molecular complexity index is 3380. The molecule has 8 N–H and O–H groups in total. The maximum Gasteiger partial charge on any atom is 0.408 e. The second-order valence-corrected chi connectivity index (χ2v) is 27.1. The number of nitrogens with zero attached hydrogens (tertiary/aromatic N) is 2. The molecule has 101 heavy (non-hydrogen) atoms. The van der Waals surface area contributed by atoms with Crippen LogP contribution >= 0.6 is 11.6 Å². The average Bonchev–Trinajstić information content (AvgIpc) is 0.882. The Balaban J connectivity index is 0.000000632. The van der Waals surface area contributed by atoms with E-state index < -0.39 is 128 Å². The normalized spacial score (nSPS) is 13.0. The molecule has 0 saturated heterocycles. The first-order chi connectivity index (χ1) is 47.1. The Hall–Kier alpha value is -9.57. The fraction of sp³-hybridized carbons (Fsp3) is 0.458. The van der Waals surface area contributed by atoms with Crippen molar-refractivity contribution in [2.45, 2.75) is 176 Å². The highest BCUT2D eigenvalue weighted by Crippen LogP contribution is 2.23. The monoisotopic (exact) mass is 1450 g/mol. The molecule has 558 valence electrons. The molecule has 0 radical (unpaired) electrons. The molecule has 0 aliphatic rings. The first kappa shape index (κ1) is 89.4. The lowest BCUT2D eigenvalue weighted by molar-refractivity contribution is 0.0484. The minimum atomic E-state index is -0.828. The number of halogens is 6. The third-order valence-corrected chi connectivity index (χ3v) is 12.6. The van der Waals surface area contributed by atoms with E-state index in [4.69, 9.17) is 55.5 Å². The number of aldehydes is 1. The second kappa shape index (κ2) is 43.8. The van der Waals surface area contributed by atoms with Gasteiger partial charge in [0.1, 0.15) is 67.7 Å². The molecule has 5 aromatic carbocycles. The molecule has 0 aliphatic heterocycles. The molecule has 0 saturated carbocycles. The summed E-state index contributed by atoms with van der Waals surface area (Å²) in [5.74, 6) is -0.439. The van der Waals surface area contributed by atoms with Gasteiger partial charge in [-0.05, 0) is 162 Å². The predicted molar refractivity (Wildman–Crippen MR) is 373 cm³/mol. The van der Waals surface area contributed by atoms with E-state index >= 15 is 0 Å². The van der Waals surface area contributed by atoms with Gasteiger partial charge in [0, 0.05) is 11.1 Å². The second-order valence-electron chi connectivity index (χ2n) is 26.7. The molecule has 5 amide bonds. The van der Waals surface area contributed by atoms with Crippen LogP contribution in [0.25, 0.3) is 0 Å². The summed E-state index contributed by atoms with van der Waals surface area (Å²) in [4.78, 5) is 80.2. The van der Waals surface area contributed by atoms with Gasteiger partial charge in [-0.2, -0.15) is 0 Å². The Kier molecular flexibility index (Phi) is 38.8. The number of rotatable bonds is 21. The highest BCUT2D eigenvalue weighted by molar-refractivity contribution is 6.69. The van der Waals surface area contributed by atoms with E-state index in [1.165, 1.54) is 18.3 Å². The summed E-state index contributed by atoms with van der Waals surface area (Å²) in [6.45, 7) is 24.1. The maximum absolute atomic E-state index is 13.2. The molecular weight excluding hydrogens is 1350 g/mol. The fourth-order valence-electron chi connectivity index (χ4n) is 7.82. The number of esters is 1. The van der Waals surface area contributed by atoms with Gasteiger partial charge in [-0.25, -0.2) is 50.7 Å². The number of nitrogens with one attached hydrogen (secondary N) is 5. The average molecular weight is 1450 g/mol. The van der Waals surface area contributed by atoms with Crippen LogP contribution in [0.4, 0.5) is 45.9 Å². The van der Waals surface area contributed by atoms with Gasteiger partial charge in [-0.1, -0.05) is 131 Å². The van der Waals surface area contributed by atoms with Crippen LogP contribution in [0.5, 0.6) is 0 Å². The Labute approximate surface area is 592 Å². The van der Waals surface area contributed by atoms with Crippen LogP contribution < -0.4 is 26.6 Å². The molecule has 5 atom stereocenters. The highest BCUT2D eigenvalue weighted by atomic mass is 35.5. The van der Waals surface area contributed by atoms with Gasteiger partial charge >= 0.3 is 36.4 Å². The zero-order valence-electron chi connectivity index (χ0n) is 59.8. The Morgan fingerprint density at radius 2 is 0.673 bits per heavy atom. The molecule has 23 nitrogen and oxygen atoms in total. The maximum atomic E-state index is 13.2. The SMILES string of the molecule is CC(C)(C)OC(=O)NC(CF)c1ccc(/C(Cl)=N/O)cc1.CC(C)(C)OC(=O)NC(CF)c1ccc(/C=N/O)cc1.CC(C)(C)OC(=O)NC(CF)c1ccc(C=O)cc1.CC(C)(C)OC(=O)NC(CF)c1ccc(CO)cc1.CCOC(=O)c1ccc(C(CF)NC(=O)OC(C)(C)C)cc1. The summed E-state index contributed by atoms with van der Waals surface area (Å²) in [6.07, 6.45) is -1.41. The molecular formula is C72H97ClF5N7O16. The number of ether oxygens (including phenoxy) is 6. The summed E-state index contributed by atoms with van der Waals surface area (Å²) in [6, 6.07) is 28.3. The van der Waals surface area contributed by atoms with Crippen LogP contribution in [0.3, 0.4) is 0 Å². The molecule has 29 heteroatoms. The number of hydrogen-bond donors (Lipinski definition) is 8. The van der Waals surface area contributed by atoms with Gasteiger partial charge in [0.15, 0.2) is 5.17 Å². The number of carbonyl (C=O) groups excluding carboxylic acids is 7. The van der Waals surface area contributed by atoms with Crippen molar-refractivity contribution in [1.82, 2.24) is 26.6 Å². The van der Waals surface area contributed by atoms with E-state index in [2.05, 4.69) is 36.9 Å². The van der Waals surface area contributed by atoms with Crippen LogP contribution in [0.1, 0.15) is 206 Å². The molecule has 5 rings (SSSR count). The van der Waals surface area contributed by atoms with Gasteiger partial charge in [-0.3, -0.25) is 4.79 Å². The molecule has 0 bridgehead atoms. The number of aliphatic hydroxyl groups excluding tert-OH is 1. The molecule has 5 aromatic rings. The third kappa shape index (κ3) is 38.6. The Morgan fingerprint density at radius 1 is 0.426 bits per heavy atom. The van der Waals surface area contributed by atoms with Crippen LogP contribution in [-0.4, -0.2) is 138 Å². The van der Waals surface area contributed by atoms with E-state index in [1.807, 2.05) is 0 Å². The molecule has 0 fully saturated rings. The van der Waals surface area contributed by atoms with E-state index in [0.717, 1.165) is 5.56 Å². The summed E-state index contributed by atoms with van der Waals surface area (Å²) in [5.41, 5.74) is 2.48. The molecule has 0 aliphatic carbocycles. The van der Waals surface area contributed by atoms with E-state index in [-0.39, 0.29) is 18.4 Å². The van der Waals surface area contributed by atoms with Gasteiger partial charge in [-0.15, -0.1) is 0 Å². The zero-order chi connectivity index (χ0) is 76.9. The number of alkyl halides is 5. The summed E-state index contributed by atoms with van der Waals surface area (Å²) >= 11 is 5.65. The lowest BCUT2D eigenvalue weighted by Gasteiger charge is -2.22. The topological polar surface area (TPSA) is 320 Å². The Morgan fingerprint density at radius 3 is 0.891 bits per heavy atom. The van der Waals surface area contributed by atoms with Crippen molar-refractivity contribution in [2.75, 3.05) is 40.0 Å². The number of carbonyl (C=O) groups is 7. The number of alkyl carbamates (subject to hydrolysis) is 5. The minimum Gasteiger partial charge on any atom is -0.462 e. The highest BCUT2D eigenvalue weighted by Gasteiger charge is 2.26. The molecule has 5 unspecified atom stereocenters. The van der Waals surface area contributed by atoms with E-state index in [0.29, 0.717) is 56.4 Å². The number of oxime groups is 2. The quantitative estimate of drug-likeness (QED) is 0.00644. The van der Waals surface area contributed by atoms with Gasteiger partial charge in [0.05, 0.1) is 55.2 Å². The summed E-state index contributed by atoms with van der Waals surface area (Å²) < 4.78 is 95.6. The van der Waals surface area contributed by atoms with E-state index in [9.17, 15) is 55.5 Å². The first-order valence-corrected chi connectivity index (χ1v) is 32.0. The fourth-order valence-corrected chi connectivity index (χ4v) is 7.95. The lowest BCUT2D eigenvalue weighted by atomic mass is 10.1. The van der Waals surface area contributed by atoms with Crippen molar-refractivity contribution in [3.8, 4) is 0 Å². The standard InChI is InChI=1S/C16H22FNO4.C14H18ClFN2O3.C14H19FN2O3.C14H20FNO3.C14H18FNO3/c1-5-21-14(19)12-8-6-11(7-9-12)13(10-17)18-15(20)22-16(2,3)4;1-14(2,3)21-13(19)17-11(8-16)9-4-6-10(7-5-9)12(15)18-20;1-14(2,3)20-13(18)17-12(8-15)11-6-4-10(5-7-11)9-16-19;2*1-14(2,3)19-13(18)16-12(8-15)11-6-4-10(9-17)5-7-11/h6-9,13H,5,10H2,1-4H3,(H,18,20);4-7,11,20H,8H2,1-3H3,(H,17,19);4-7,9,12,19H,8H2,1-3H3,(H,17,18);4-7,12,17H,8-9H2,1-3H3,(H,16,18);4-7,9,12H,8H2,1-3H3,(H,16,18)/b;18-12-;16-9+;;. The van der Waals surface area contributed by atoms with Crippen LogP contribution in [0.2, 0.25) is 0 Å². The van der Waals surface area contributed by atoms with Gasteiger partial charge in [0.25, 0.3) is 0 Å². The van der Waals surface area contributed by atoms with Crippen LogP contribution in [-0.2, 0) is 35.0 Å². The van der Waals surface area contributed by atoms with Crippen LogP contribution in [0.15, 0.2) is 132 Å². The number of amides is 5. The number of aliphatic hydroxyl groups is 1. The van der Waals surface area contributed by atoms with Crippen LogP contribution in [0, 0.1) is 0 Å². The number of hydrogen-bond acceptors (Lipinski definition) is 18. The predicted octanol–water partition coefficient (Wildman–Crippen LogP) is 15.8. The minimum absolute atomic E-state index is 0.0694. The van der Waals surface area contributed by atoms with Crippen molar-refractivity contribution in [2.24, 2.45) is 10.3 Å². The van der Waals surface area contributed by atoms with Crippen molar-refractivity contribution in [3.63, 3.8) is 0 Å². The molecule has 0 heterocycles. The van der Waals surface area contributed by atoms with E-state index in [1.54, 1.807) is 220 Å². The first-order valence-electron chi connectivity index (χ1n) is 31.6. The smallest absolute Gasteiger partial charge is 0.408 e. The summed E-state index contributed by atoms with van der Waals surface area (Å²) in [5, 5.41) is 43.9. The summed E-state index contributed by atoms with van der Waals surface area (Å²) in [7, 11) is 0. The van der Waals surface area contributed by atoms with Gasteiger partial charge < -0.3 is 70.5 Å². The number of benzene rings is 5. The van der Waals surface area contributed by atoms with Gasteiger partial charge in [0.2, 0.25) is 0 Å². The molecule has 0 spiro atoms. The van der Waals surface area contributed by atoms with Crippen molar-refractivity contribution < 1.29 is 99.5 Å².